The Hall–Kier alpha value is -2.40. The average molecular weight is 356 g/mol. The quantitative estimate of drug-likeness (QED) is 0.790. The zero-order valence-electron chi connectivity index (χ0n) is 14.8. The molecule has 0 aliphatic heterocycles. The fraction of sp³-hybridized carbons (Fsp3) is 0.300. The van der Waals surface area contributed by atoms with Gasteiger partial charge in [-0.25, -0.2) is 0 Å². The van der Waals surface area contributed by atoms with Crippen LogP contribution in [0.25, 0.3) is 0 Å². The number of nitrogens with one attached hydrogen (secondary N) is 2. The van der Waals surface area contributed by atoms with Crippen LogP contribution in [0.3, 0.4) is 0 Å². The second-order valence-corrected chi connectivity index (χ2v) is 7.18. The highest BCUT2D eigenvalue weighted by Crippen LogP contribution is 2.18. The summed E-state index contributed by atoms with van der Waals surface area (Å²) in [4.78, 5) is 11.9. The molecule has 132 valence electrons. The highest BCUT2D eigenvalue weighted by atomic mass is 32.1. The Morgan fingerprint density at radius 3 is 2.48 bits per heavy atom. The minimum absolute atomic E-state index is 0.125. The Bertz CT molecular complexity index is 724. The first-order chi connectivity index (χ1) is 11.8. The van der Waals surface area contributed by atoms with Crippen LogP contribution >= 0.6 is 12.2 Å². The van der Waals surface area contributed by atoms with Crippen molar-refractivity contribution >= 4 is 28.9 Å². The van der Waals surface area contributed by atoms with Crippen LogP contribution in [0.5, 0.6) is 5.75 Å². The van der Waals surface area contributed by atoms with Crippen LogP contribution in [0.15, 0.2) is 54.6 Å². The monoisotopic (exact) mass is 356 g/mol. The second kappa shape index (κ2) is 8.62. The predicted molar refractivity (Wildman–Crippen MR) is 106 cm³/mol. The molecule has 0 aromatic heterocycles. The summed E-state index contributed by atoms with van der Waals surface area (Å²) >= 11 is 5.19. The summed E-state index contributed by atoms with van der Waals surface area (Å²) < 4.78 is 5.80. The van der Waals surface area contributed by atoms with E-state index in [1.165, 1.54) is 5.56 Å². The van der Waals surface area contributed by atoms with Crippen LogP contribution in [-0.2, 0) is 11.2 Å². The maximum atomic E-state index is 11.9. The maximum Gasteiger partial charge on any atom is 0.231 e. The van der Waals surface area contributed by atoms with Crippen LogP contribution in [0.4, 0.5) is 5.69 Å². The van der Waals surface area contributed by atoms with Gasteiger partial charge in [-0.2, -0.15) is 0 Å². The van der Waals surface area contributed by atoms with Gasteiger partial charge in [-0.15, -0.1) is 0 Å². The number of hydrogen-bond donors (Lipinski definition) is 2. The number of rotatable bonds is 5. The fourth-order valence-corrected chi connectivity index (χ4v) is 2.26. The molecule has 1 amide bonds. The third-order valence-electron chi connectivity index (χ3n) is 3.50. The number of ether oxygens (including phenoxy) is 1. The number of thiocarbonyl (C=S) groups is 1. The van der Waals surface area contributed by atoms with Crippen molar-refractivity contribution in [3.05, 3.63) is 60.2 Å². The van der Waals surface area contributed by atoms with Gasteiger partial charge < -0.3 is 15.4 Å². The van der Waals surface area contributed by atoms with Crippen LogP contribution in [0.2, 0.25) is 0 Å². The van der Waals surface area contributed by atoms with E-state index in [-0.39, 0.29) is 11.0 Å². The third-order valence-corrected chi connectivity index (χ3v) is 3.71. The number of carbonyl (C=O) groups is 1. The first-order valence-electron chi connectivity index (χ1n) is 8.24. The van der Waals surface area contributed by atoms with Gasteiger partial charge in [0.2, 0.25) is 5.91 Å². The predicted octanol–water partition coefficient (Wildman–Crippen LogP) is 4.17. The van der Waals surface area contributed by atoms with Crippen molar-refractivity contribution in [1.29, 1.82) is 0 Å². The molecule has 2 aromatic rings. The lowest BCUT2D eigenvalue weighted by atomic mass is 9.96. The topological polar surface area (TPSA) is 50.4 Å². The number of anilines is 1. The zero-order chi connectivity index (χ0) is 18.3. The first-order valence-corrected chi connectivity index (χ1v) is 8.64. The summed E-state index contributed by atoms with van der Waals surface area (Å²) in [6.07, 6.45) is 0.846. The number of amides is 1. The normalized spacial score (nSPS) is 10.8. The molecule has 0 aliphatic carbocycles. The van der Waals surface area contributed by atoms with E-state index in [1.807, 2.05) is 63.2 Å². The van der Waals surface area contributed by atoms with E-state index in [1.54, 1.807) is 0 Å². The van der Waals surface area contributed by atoms with Gasteiger partial charge in [-0.05, 0) is 29.9 Å². The van der Waals surface area contributed by atoms with E-state index < -0.39 is 5.41 Å². The van der Waals surface area contributed by atoms with Crippen LogP contribution in [0, 0.1) is 5.41 Å². The molecule has 0 aliphatic rings. The lowest BCUT2D eigenvalue weighted by Crippen LogP contribution is -2.41. The molecule has 0 fully saturated rings. The van der Waals surface area contributed by atoms with E-state index in [0.717, 1.165) is 17.9 Å². The Kier molecular flexibility index (Phi) is 6.53. The minimum Gasteiger partial charge on any atom is -0.493 e. The van der Waals surface area contributed by atoms with Gasteiger partial charge >= 0.3 is 0 Å². The molecule has 0 saturated heterocycles. The molecular formula is C20H24N2O2S. The van der Waals surface area contributed by atoms with E-state index in [2.05, 4.69) is 22.8 Å². The van der Waals surface area contributed by atoms with E-state index in [0.29, 0.717) is 6.61 Å². The van der Waals surface area contributed by atoms with Gasteiger partial charge in [0.05, 0.1) is 6.61 Å². The van der Waals surface area contributed by atoms with Crippen LogP contribution < -0.4 is 15.4 Å². The summed E-state index contributed by atoms with van der Waals surface area (Å²) in [5, 5.41) is 5.99. The van der Waals surface area contributed by atoms with Gasteiger partial charge in [0.25, 0.3) is 0 Å². The zero-order valence-corrected chi connectivity index (χ0v) is 15.7. The van der Waals surface area contributed by atoms with Crippen molar-refractivity contribution in [2.75, 3.05) is 11.9 Å². The van der Waals surface area contributed by atoms with Crippen molar-refractivity contribution in [1.82, 2.24) is 5.32 Å². The standard InChI is InChI=1S/C20H24N2O2S/c1-20(2,3)18(23)22-19(25)21-16-10-7-11-17(14-16)24-13-12-15-8-5-4-6-9-15/h4-11,14H,12-13H2,1-3H3,(H2,21,22,23,25). The second-order valence-electron chi connectivity index (χ2n) is 6.77. The minimum atomic E-state index is -0.492. The smallest absolute Gasteiger partial charge is 0.231 e. The van der Waals surface area contributed by atoms with Gasteiger partial charge in [-0.3, -0.25) is 4.79 Å². The van der Waals surface area contributed by atoms with Crippen LogP contribution in [-0.4, -0.2) is 17.6 Å². The molecule has 0 heterocycles. The highest BCUT2D eigenvalue weighted by Gasteiger charge is 2.21. The molecule has 5 heteroatoms. The number of carbonyl (C=O) groups excluding carboxylic acids is 1. The molecule has 0 bridgehead atoms. The van der Waals surface area contributed by atoms with Crippen molar-refractivity contribution in [2.45, 2.75) is 27.2 Å². The molecule has 4 nitrogen and oxygen atoms in total. The summed E-state index contributed by atoms with van der Waals surface area (Å²) in [6, 6.07) is 17.7. The molecule has 0 spiro atoms. The summed E-state index contributed by atoms with van der Waals surface area (Å²) in [5.74, 6) is 0.631. The third kappa shape index (κ3) is 6.55. The lowest BCUT2D eigenvalue weighted by molar-refractivity contribution is -0.126. The molecule has 25 heavy (non-hydrogen) atoms. The molecule has 0 radical (unpaired) electrons. The SMILES string of the molecule is CC(C)(C)C(=O)NC(=S)Nc1cccc(OCCc2ccccc2)c1. The average Bonchev–Trinajstić information content (AvgIpc) is 2.55. The van der Waals surface area contributed by atoms with Gasteiger partial charge in [0.1, 0.15) is 5.75 Å². The van der Waals surface area contributed by atoms with Crippen molar-refractivity contribution < 1.29 is 9.53 Å². The number of hydrogen-bond acceptors (Lipinski definition) is 3. The Morgan fingerprint density at radius 2 is 1.80 bits per heavy atom. The number of benzene rings is 2. The van der Waals surface area contributed by atoms with Crippen LogP contribution in [0.1, 0.15) is 26.3 Å². The Labute approximate surface area is 154 Å². The Balaban J connectivity index is 1.86. The van der Waals surface area contributed by atoms with Gasteiger partial charge in [0, 0.05) is 23.6 Å². The molecule has 2 N–H and O–H groups in total. The first kappa shape index (κ1) is 18.9. The van der Waals surface area contributed by atoms with Crippen molar-refractivity contribution in [3.63, 3.8) is 0 Å². The van der Waals surface area contributed by atoms with E-state index >= 15 is 0 Å². The summed E-state index contributed by atoms with van der Waals surface area (Å²) in [7, 11) is 0. The molecule has 2 aromatic carbocycles. The van der Waals surface area contributed by atoms with Gasteiger partial charge in [0.15, 0.2) is 5.11 Å². The molecular weight excluding hydrogens is 332 g/mol. The summed E-state index contributed by atoms with van der Waals surface area (Å²) in [6.45, 7) is 6.11. The molecule has 0 unspecified atom stereocenters. The van der Waals surface area contributed by atoms with Crippen molar-refractivity contribution in [2.24, 2.45) is 5.41 Å². The molecule has 0 atom stereocenters. The largest absolute Gasteiger partial charge is 0.493 e. The molecule has 2 rings (SSSR count). The van der Waals surface area contributed by atoms with E-state index in [9.17, 15) is 4.79 Å². The van der Waals surface area contributed by atoms with Gasteiger partial charge in [-0.1, -0.05) is 57.2 Å². The molecule has 0 saturated carbocycles. The van der Waals surface area contributed by atoms with E-state index in [4.69, 9.17) is 17.0 Å². The maximum absolute atomic E-state index is 11.9. The lowest BCUT2D eigenvalue weighted by Gasteiger charge is -2.18. The summed E-state index contributed by atoms with van der Waals surface area (Å²) in [5.41, 5.74) is 1.52. The highest BCUT2D eigenvalue weighted by molar-refractivity contribution is 7.80. The Morgan fingerprint density at radius 1 is 1.08 bits per heavy atom. The van der Waals surface area contributed by atoms with Crippen molar-refractivity contribution in [3.8, 4) is 5.75 Å². The fourth-order valence-electron chi connectivity index (χ4n) is 2.05.